The molecule has 1 aliphatic carbocycles. The van der Waals surface area contributed by atoms with Gasteiger partial charge in [0.1, 0.15) is 12.4 Å². The Labute approximate surface area is 237 Å². The van der Waals surface area contributed by atoms with E-state index in [9.17, 15) is 15.0 Å². The summed E-state index contributed by atoms with van der Waals surface area (Å²) in [7, 11) is 0. The number of anilines is 1. The van der Waals surface area contributed by atoms with Crippen molar-refractivity contribution in [3.63, 3.8) is 0 Å². The summed E-state index contributed by atoms with van der Waals surface area (Å²) in [5.74, 6) is -0.149. The van der Waals surface area contributed by atoms with Crippen molar-refractivity contribution in [3.8, 4) is 0 Å². The van der Waals surface area contributed by atoms with E-state index in [1.54, 1.807) is 0 Å². The van der Waals surface area contributed by atoms with Crippen molar-refractivity contribution < 1.29 is 24.3 Å². The Bertz CT molecular complexity index is 1490. The second-order valence-electron chi connectivity index (χ2n) is 12.0. The van der Waals surface area contributed by atoms with Gasteiger partial charge in [0.2, 0.25) is 11.5 Å². The molecule has 2 heterocycles. The summed E-state index contributed by atoms with van der Waals surface area (Å²) < 4.78 is 8.03. The van der Waals surface area contributed by atoms with Crippen molar-refractivity contribution in [1.29, 1.82) is 0 Å². The molecule has 0 spiro atoms. The van der Waals surface area contributed by atoms with E-state index in [2.05, 4.69) is 81.3 Å². The third-order valence-corrected chi connectivity index (χ3v) is 8.54. The zero-order valence-corrected chi connectivity index (χ0v) is 24.5. The van der Waals surface area contributed by atoms with Crippen LogP contribution in [0.25, 0.3) is 0 Å². The van der Waals surface area contributed by atoms with Gasteiger partial charge in [-0.1, -0.05) is 56.7 Å². The molecule has 6 heteroatoms. The first-order valence-electron chi connectivity index (χ1n) is 14.3. The van der Waals surface area contributed by atoms with E-state index < -0.39 is 0 Å². The number of aryl methyl sites for hydroxylation is 1. The van der Waals surface area contributed by atoms with E-state index in [1.165, 1.54) is 5.56 Å². The van der Waals surface area contributed by atoms with Gasteiger partial charge in [0.25, 0.3) is 0 Å². The van der Waals surface area contributed by atoms with Crippen molar-refractivity contribution in [2.45, 2.75) is 58.8 Å². The Hall–Kier alpha value is -3.48. The van der Waals surface area contributed by atoms with Crippen LogP contribution in [-0.4, -0.2) is 59.2 Å². The number of ketones is 1. The molecule has 0 radical (unpaired) electrons. The van der Waals surface area contributed by atoms with Crippen LogP contribution in [0.4, 0.5) is 11.4 Å². The fourth-order valence-electron chi connectivity index (χ4n) is 6.32. The number of allylic oxidation sites excluding steroid dienone is 5. The second kappa shape index (κ2) is 10.5. The van der Waals surface area contributed by atoms with Crippen LogP contribution in [0.15, 0.2) is 77.2 Å². The molecule has 2 aromatic rings. The largest absolute Gasteiger partial charge is 0.506 e. The molecule has 0 saturated carbocycles. The maximum absolute atomic E-state index is 13.6. The average molecular weight is 542 g/mol. The molecule has 0 unspecified atom stereocenters. The molecule has 0 fully saturated rings. The zero-order chi connectivity index (χ0) is 28.8. The molecule has 3 aliphatic rings. The average Bonchev–Trinajstić information content (AvgIpc) is 3.26. The first-order valence-corrected chi connectivity index (χ1v) is 14.3. The molecule has 0 atom stereocenters. The summed E-state index contributed by atoms with van der Waals surface area (Å²) in [5.41, 5.74) is 7.43. The highest BCUT2D eigenvalue weighted by Crippen LogP contribution is 2.49. The lowest BCUT2D eigenvalue weighted by Crippen LogP contribution is -2.33. The summed E-state index contributed by atoms with van der Waals surface area (Å²) in [4.78, 5) is 15.6. The molecule has 2 aromatic carbocycles. The number of fused-ring (bicyclic) bond motifs is 2. The summed E-state index contributed by atoms with van der Waals surface area (Å²) in [6.45, 7) is 15.1. The standard InChI is InChI=1S/C34H40N2O4/c1-7-17-40-18-15-36-27-11-9-8-10-25(27)33(3,4)29(36)20-23-31(38)24(32(23)39)21-30-34(5,6)26-19-22(2)12-13-28(26)35(30)14-16-37/h8-13,19-21,37H,7,14-18H2,1-6H3/p+1. The zero-order valence-electron chi connectivity index (χ0n) is 24.5. The third kappa shape index (κ3) is 4.43. The van der Waals surface area contributed by atoms with E-state index in [-0.39, 0.29) is 29.0 Å². The van der Waals surface area contributed by atoms with Gasteiger partial charge in [-0.2, -0.15) is 4.58 Å². The minimum absolute atomic E-state index is 0.0172. The highest BCUT2D eigenvalue weighted by Gasteiger charge is 2.47. The number of aliphatic hydroxyl groups excluding tert-OH is 2. The number of hydrogen-bond acceptors (Lipinski definition) is 5. The lowest BCUT2D eigenvalue weighted by atomic mass is 9.77. The third-order valence-electron chi connectivity index (χ3n) is 8.54. The highest BCUT2D eigenvalue weighted by atomic mass is 16.5. The predicted molar refractivity (Wildman–Crippen MR) is 160 cm³/mol. The first-order chi connectivity index (χ1) is 19.0. The molecule has 0 aromatic heterocycles. The minimum atomic E-state index is -0.386. The second-order valence-corrected chi connectivity index (χ2v) is 12.0. The van der Waals surface area contributed by atoms with Crippen molar-refractivity contribution in [3.05, 3.63) is 93.9 Å². The van der Waals surface area contributed by atoms with Gasteiger partial charge in [0.05, 0.1) is 23.2 Å². The molecule has 210 valence electrons. The fourth-order valence-corrected chi connectivity index (χ4v) is 6.32. The van der Waals surface area contributed by atoms with Crippen LogP contribution in [0, 0.1) is 6.92 Å². The first kappa shape index (κ1) is 28.1. The lowest BCUT2D eigenvalue weighted by Gasteiger charge is -2.29. The SMILES string of the molecule is CCCOCC[N+]1=C(C=C2C(=O)C(C=C3N(CCO)c4ccc(C)cc4C3(C)C)=C2O)C(C)(C)c2ccccc21. The van der Waals surface area contributed by atoms with Crippen LogP contribution in [-0.2, 0) is 20.4 Å². The molecule has 0 saturated heterocycles. The van der Waals surface area contributed by atoms with Crippen molar-refractivity contribution in [2.24, 2.45) is 0 Å². The number of hydrogen-bond donors (Lipinski definition) is 2. The number of nitrogens with zero attached hydrogens (tertiary/aromatic N) is 2. The Morgan fingerprint density at radius 2 is 1.75 bits per heavy atom. The van der Waals surface area contributed by atoms with E-state index in [0.717, 1.165) is 40.3 Å². The fraction of sp³-hybridized carbons (Fsp3) is 0.412. The molecule has 0 bridgehead atoms. The number of Topliss-reactive ketones (excluding diaryl/α,β-unsaturated/α-hetero) is 1. The Balaban J connectivity index is 1.55. The van der Waals surface area contributed by atoms with Gasteiger partial charge in [0, 0.05) is 47.7 Å². The van der Waals surface area contributed by atoms with Gasteiger partial charge < -0.3 is 19.8 Å². The van der Waals surface area contributed by atoms with E-state index in [1.807, 2.05) is 24.3 Å². The molecule has 5 rings (SSSR count). The number of rotatable bonds is 9. The quantitative estimate of drug-likeness (QED) is 0.239. The number of ether oxygens (including phenoxy) is 1. The lowest BCUT2D eigenvalue weighted by molar-refractivity contribution is -0.442. The molecule has 2 N–H and O–H groups in total. The summed E-state index contributed by atoms with van der Waals surface area (Å²) in [6, 6.07) is 14.6. The highest BCUT2D eigenvalue weighted by molar-refractivity contribution is 6.24. The van der Waals surface area contributed by atoms with Crippen LogP contribution in [0.5, 0.6) is 0 Å². The number of aliphatic hydroxyl groups is 2. The minimum Gasteiger partial charge on any atom is -0.506 e. The summed E-state index contributed by atoms with van der Waals surface area (Å²) in [6.07, 6.45) is 4.64. The van der Waals surface area contributed by atoms with Crippen molar-refractivity contribution >= 4 is 22.9 Å². The molecule has 2 aliphatic heterocycles. The van der Waals surface area contributed by atoms with E-state index in [0.29, 0.717) is 37.4 Å². The molecule has 40 heavy (non-hydrogen) atoms. The topological polar surface area (TPSA) is 73.0 Å². The maximum Gasteiger partial charge on any atom is 0.209 e. The summed E-state index contributed by atoms with van der Waals surface area (Å²) >= 11 is 0. The maximum atomic E-state index is 13.6. The van der Waals surface area contributed by atoms with Crippen LogP contribution < -0.4 is 4.90 Å². The van der Waals surface area contributed by atoms with Crippen molar-refractivity contribution in [1.82, 2.24) is 0 Å². The van der Waals surface area contributed by atoms with Gasteiger partial charge in [-0.05, 0) is 44.9 Å². The van der Waals surface area contributed by atoms with Crippen molar-refractivity contribution in [2.75, 3.05) is 37.8 Å². The van der Waals surface area contributed by atoms with E-state index >= 15 is 0 Å². The van der Waals surface area contributed by atoms with Crippen LogP contribution in [0.1, 0.15) is 57.7 Å². The van der Waals surface area contributed by atoms with Crippen LogP contribution in [0.3, 0.4) is 0 Å². The normalized spacial score (nSPS) is 21.0. The number of benzene rings is 2. The Morgan fingerprint density at radius 1 is 1.00 bits per heavy atom. The monoisotopic (exact) mass is 541 g/mol. The van der Waals surface area contributed by atoms with Gasteiger partial charge in [0.15, 0.2) is 12.3 Å². The molecular weight excluding hydrogens is 500 g/mol. The molecule has 6 nitrogen and oxygen atoms in total. The van der Waals surface area contributed by atoms with Gasteiger partial charge >= 0.3 is 0 Å². The predicted octanol–water partition coefficient (Wildman–Crippen LogP) is 5.79. The van der Waals surface area contributed by atoms with Crippen LogP contribution in [0.2, 0.25) is 0 Å². The van der Waals surface area contributed by atoms with Gasteiger partial charge in [-0.15, -0.1) is 0 Å². The van der Waals surface area contributed by atoms with Gasteiger partial charge in [-0.3, -0.25) is 4.79 Å². The Kier molecular flexibility index (Phi) is 7.36. The van der Waals surface area contributed by atoms with Gasteiger partial charge in [-0.25, -0.2) is 0 Å². The van der Waals surface area contributed by atoms with Crippen LogP contribution >= 0.6 is 0 Å². The number of para-hydroxylation sites is 1. The number of β-amino-alcohol motifs (C(OH)–C–C–N with tert-alkyl or cyclic N) is 1. The molecule has 0 amide bonds. The number of carbonyl (C=O) groups is 1. The molecular formula is C34H41N2O4+. The number of carbonyl (C=O) groups excluding carboxylic acids is 1. The summed E-state index contributed by atoms with van der Waals surface area (Å²) in [5, 5.41) is 21.1. The van der Waals surface area contributed by atoms with E-state index in [4.69, 9.17) is 4.74 Å². The smallest absolute Gasteiger partial charge is 0.209 e. The Morgan fingerprint density at radius 3 is 2.45 bits per heavy atom.